The monoisotopic (exact) mass is 327 g/mol. The van der Waals surface area contributed by atoms with Crippen LogP contribution in [0.4, 0.5) is 17.6 Å². The molecule has 0 saturated heterocycles. The van der Waals surface area contributed by atoms with E-state index >= 15 is 0 Å². The number of carbonyl (C=O) groups is 1. The van der Waals surface area contributed by atoms with Crippen molar-refractivity contribution in [3.05, 3.63) is 64.7 Å². The van der Waals surface area contributed by atoms with Crippen molar-refractivity contribution in [2.75, 3.05) is 0 Å². The van der Waals surface area contributed by atoms with E-state index in [0.717, 1.165) is 12.1 Å². The van der Waals surface area contributed by atoms with Crippen LogP contribution < -0.4 is 10.5 Å². The molecule has 0 atom stereocenters. The lowest BCUT2D eigenvalue weighted by Crippen LogP contribution is -2.13. The molecule has 0 heterocycles. The summed E-state index contributed by atoms with van der Waals surface area (Å²) in [5, 5.41) is 0. The van der Waals surface area contributed by atoms with E-state index in [0.29, 0.717) is 11.1 Å². The molecule has 0 aromatic heterocycles. The molecule has 0 radical (unpaired) electrons. The van der Waals surface area contributed by atoms with Crippen LogP contribution in [-0.4, -0.2) is 12.5 Å². The van der Waals surface area contributed by atoms with Crippen LogP contribution >= 0.6 is 0 Å². The lowest BCUT2D eigenvalue weighted by molar-refractivity contribution is -0.117. The van der Waals surface area contributed by atoms with Gasteiger partial charge in [0.2, 0.25) is 5.91 Å². The van der Waals surface area contributed by atoms with E-state index in [-0.39, 0.29) is 18.4 Å². The smallest absolute Gasteiger partial charge is 0.387 e. The number of halogens is 4. The lowest BCUT2D eigenvalue weighted by Gasteiger charge is -2.12. The molecule has 0 unspecified atom stereocenters. The quantitative estimate of drug-likeness (QED) is 0.829. The minimum atomic E-state index is -3.14. The van der Waals surface area contributed by atoms with E-state index in [2.05, 4.69) is 4.74 Å². The van der Waals surface area contributed by atoms with Gasteiger partial charge >= 0.3 is 6.61 Å². The van der Waals surface area contributed by atoms with Gasteiger partial charge < -0.3 is 10.5 Å². The van der Waals surface area contributed by atoms with Crippen molar-refractivity contribution in [2.24, 2.45) is 5.73 Å². The van der Waals surface area contributed by atoms with Crippen molar-refractivity contribution in [1.82, 2.24) is 0 Å². The van der Waals surface area contributed by atoms with Crippen LogP contribution in [0.15, 0.2) is 36.4 Å². The van der Waals surface area contributed by atoms with Gasteiger partial charge in [0.1, 0.15) is 5.75 Å². The molecule has 1 amide bonds. The molecule has 0 fully saturated rings. The average Bonchev–Trinajstić information content (AvgIpc) is 2.47. The number of hydrogen-bond acceptors (Lipinski definition) is 2. The van der Waals surface area contributed by atoms with E-state index in [9.17, 15) is 22.4 Å². The molecule has 2 rings (SSSR count). The average molecular weight is 327 g/mol. The van der Waals surface area contributed by atoms with Crippen molar-refractivity contribution in [1.29, 1.82) is 0 Å². The van der Waals surface area contributed by atoms with Crippen LogP contribution in [0.1, 0.15) is 16.7 Å². The number of hydrogen-bond donors (Lipinski definition) is 1. The predicted molar refractivity (Wildman–Crippen MR) is 75.1 cm³/mol. The number of benzene rings is 2. The number of primary amides is 1. The molecule has 0 aliphatic rings. The van der Waals surface area contributed by atoms with Crippen LogP contribution in [0.2, 0.25) is 0 Å². The zero-order valence-electron chi connectivity index (χ0n) is 11.9. The highest BCUT2D eigenvalue weighted by Gasteiger charge is 2.18. The standard InChI is InChI=1S/C16H13F4NO2/c17-12-5-6-13(23-16(19)20)11(15(12)18)7-9-1-3-10(4-2-9)8-14(21)22/h1-6,16H,7-8H2,(H2,21,22). The molecular formula is C16H13F4NO2. The van der Waals surface area contributed by atoms with E-state index < -0.39 is 29.9 Å². The summed E-state index contributed by atoms with van der Waals surface area (Å²) in [4.78, 5) is 10.8. The molecule has 0 spiro atoms. The third-order valence-electron chi connectivity index (χ3n) is 3.15. The summed E-state index contributed by atoms with van der Waals surface area (Å²) in [6, 6.07) is 8.05. The Bertz CT molecular complexity index is 702. The van der Waals surface area contributed by atoms with Crippen molar-refractivity contribution >= 4 is 5.91 Å². The van der Waals surface area contributed by atoms with Crippen LogP contribution in [-0.2, 0) is 17.6 Å². The van der Waals surface area contributed by atoms with Gasteiger partial charge in [-0.2, -0.15) is 8.78 Å². The molecule has 23 heavy (non-hydrogen) atoms. The highest BCUT2D eigenvalue weighted by molar-refractivity contribution is 5.76. The number of nitrogens with two attached hydrogens (primary N) is 1. The normalized spacial score (nSPS) is 10.8. The van der Waals surface area contributed by atoms with Crippen molar-refractivity contribution in [3.8, 4) is 5.75 Å². The van der Waals surface area contributed by atoms with Crippen LogP contribution in [0.25, 0.3) is 0 Å². The molecule has 2 N–H and O–H groups in total. The van der Waals surface area contributed by atoms with Crippen molar-refractivity contribution in [3.63, 3.8) is 0 Å². The van der Waals surface area contributed by atoms with Gasteiger partial charge in [0.25, 0.3) is 0 Å². The van der Waals surface area contributed by atoms with Gasteiger partial charge in [-0.1, -0.05) is 24.3 Å². The van der Waals surface area contributed by atoms with Crippen LogP contribution in [0.3, 0.4) is 0 Å². The van der Waals surface area contributed by atoms with Gasteiger partial charge in [0, 0.05) is 12.0 Å². The number of alkyl halides is 2. The first-order valence-corrected chi connectivity index (χ1v) is 6.64. The first-order chi connectivity index (χ1) is 10.9. The van der Waals surface area contributed by atoms with E-state index in [1.807, 2.05) is 0 Å². The third-order valence-corrected chi connectivity index (χ3v) is 3.15. The molecule has 7 heteroatoms. The van der Waals surface area contributed by atoms with E-state index in [4.69, 9.17) is 5.73 Å². The van der Waals surface area contributed by atoms with Crippen LogP contribution in [0, 0.1) is 11.6 Å². The largest absolute Gasteiger partial charge is 0.434 e. The first kappa shape index (κ1) is 16.8. The fourth-order valence-corrected chi connectivity index (χ4v) is 2.13. The van der Waals surface area contributed by atoms with Crippen LogP contribution in [0.5, 0.6) is 5.75 Å². The summed E-state index contributed by atoms with van der Waals surface area (Å²) < 4.78 is 56.2. The molecule has 0 saturated carbocycles. The lowest BCUT2D eigenvalue weighted by atomic mass is 10.0. The molecular weight excluding hydrogens is 314 g/mol. The summed E-state index contributed by atoms with van der Waals surface area (Å²) in [7, 11) is 0. The Morgan fingerprint density at radius 3 is 2.22 bits per heavy atom. The summed E-state index contributed by atoms with van der Waals surface area (Å²) in [6.45, 7) is -3.14. The predicted octanol–water partition coefficient (Wildman–Crippen LogP) is 3.18. The number of amides is 1. The van der Waals surface area contributed by atoms with Gasteiger partial charge in [-0.25, -0.2) is 8.78 Å². The van der Waals surface area contributed by atoms with Gasteiger partial charge in [0.15, 0.2) is 11.6 Å². The molecule has 0 aliphatic heterocycles. The Balaban J connectivity index is 2.28. The maximum atomic E-state index is 13.9. The Kier molecular flexibility index (Phi) is 5.20. The minimum Gasteiger partial charge on any atom is -0.434 e. The Hall–Kier alpha value is -2.57. The maximum absolute atomic E-state index is 13.9. The highest BCUT2D eigenvalue weighted by Crippen LogP contribution is 2.28. The molecule has 0 bridgehead atoms. The van der Waals surface area contributed by atoms with Gasteiger partial charge in [-0.3, -0.25) is 4.79 Å². The zero-order chi connectivity index (χ0) is 17.0. The molecule has 2 aromatic carbocycles. The number of rotatable bonds is 6. The second-order valence-electron chi connectivity index (χ2n) is 4.85. The second-order valence-corrected chi connectivity index (χ2v) is 4.85. The summed E-state index contributed by atoms with van der Waals surface area (Å²) in [5.41, 5.74) is 5.97. The first-order valence-electron chi connectivity index (χ1n) is 6.64. The SMILES string of the molecule is NC(=O)Cc1ccc(Cc2c(OC(F)F)ccc(F)c2F)cc1. The Morgan fingerprint density at radius 1 is 1.04 bits per heavy atom. The fourth-order valence-electron chi connectivity index (χ4n) is 2.13. The molecule has 3 nitrogen and oxygen atoms in total. The van der Waals surface area contributed by atoms with Crippen molar-refractivity contribution < 1.29 is 27.1 Å². The van der Waals surface area contributed by atoms with Gasteiger partial charge in [-0.05, 0) is 23.3 Å². The van der Waals surface area contributed by atoms with Gasteiger partial charge in [-0.15, -0.1) is 0 Å². The zero-order valence-corrected chi connectivity index (χ0v) is 11.9. The van der Waals surface area contributed by atoms with Gasteiger partial charge in [0.05, 0.1) is 6.42 Å². The van der Waals surface area contributed by atoms with E-state index in [1.54, 1.807) is 24.3 Å². The van der Waals surface area contributed by atoms with E-state index in [1.165, 1.54) is 0 Å². The Labute approximate surface area is 129 Å². The summed E-state index contributed by atoms with van der Waals surface area (Å²) >= 11 is 0. The third kappa shape index (κ3) is 4.45. The maximum Gasteiger partial charge on any atom is 0.387 e. The number of carbonyl (C=O) groups excluding carboxylic acids is 1. The Morgan fingerprint density at radius 2 is 1.65 bits per heavy atom. The number of ether oxygens (including phenoxy) is 1. The second kappa shape index (κ2) is 7.13. The minimum absolute atomic E-state index is 0.0500. The molecule has 0 aliphatic carbocycles. The fraction of sp³-hybridized carbons (Fsp3) is 0.188. The highest BCUT2D eigenvalue weighted by atomic mass is 19.3. The molecule has 2 aromatic rings. The summed E-state index contributed by atoms with van der Waals surface area (Å²) in [6.07, 6.45) is -0.0865. The summed E-state index contributed by atoms with van der Waals surface area (Å²) in [5.74, 6) is -3.29. The molecule has 122 valence electrons. The van der Waals surface area contributed by atoms with Crippen molar-refractivity contribution in [2.45, 2.75) is 19.5 Å². The topological polar surface area (TPSA) is 52.3 Å².